The van der Waals surface area contributed by atoms with Crippen LogP contribution in [0.15, 0.2) is 18.2 Å². The molecule has 0 aromatic heterocycles. The van der Waals surface area contributed by atoms with Gasteiger partial charge in [-0.05, 0) is 31.0 Å². The molecule has 5 heteroatoms. The molecule has 0 atom stereocenters. The van der Waals surface area contributed by atoms with Gasteiger partial charge < -0.3 is 10.4 Å². The number of aromatic carboxylic acids is 1. The highest BCUT2D eigenvalue weighted by atomic mass is 35.5. The zero-order valence-corrected chi connectivity index (χ0v) is 9.12. The van der Waals surface area contributed by atoms with Crippen LogP contribution in [0, 0.1) is 0 Å². The molecule has 2 rings (SSSR count). The van der Waals surface area contributed by atoms with E-state index in [4.69, 9.17) is 16.7 Å². The van der Waals surface area contributed by atoms with Crippen LogP contribution in [0.3, 0.4) is 0 Å². The Morgan fingerprint density at radius 1 is 1.38 bits per heavy atom. The molecule has 1 aliphatic carbocycles. The molecule has 0 unspecified atom stereocenters. The van der Waals surface area contributed by atoms with E-state index in [0.717, 1.165) is 12.8 Å². The number of halogens is 1. The first-order valence-electron chi connectivity index (χ1n) is 4.91. The van der Waals surface area contributed by atoms with Gasteiger partial charge in [0, 0.05) is 6.04 Å². The van der Waals surface area contributed by atoms with E-state index in [1.165, 1.54) is 18.2 Å². The number of carboxylic acid groups (broad SMARTS) is 1. The molecular weight excluding hydrogens is 230 g/mol. The minimum atomic E-state index is -1.07. The van der Waals surface area contributed by atoms with Crippen LogP contribution in [0.1, 0.15) is 33.6 Å². The van der Waals surface area contributed by atoms with Gasteiger partial charge in [0.05, 0.1) is 16.1 Å². The molecule has 4 nitrogen and oxygen atoms in total. The summed E-state index contributed by atoms with van der Waals surface area (Å²) in [5.41, 5.74) is 0.277. The lowest BCUT2D eigenvalue weighted by Crippen LogP contribution is -2.25. The number of carbonyl (C=O) groups is 2. The van der Waals surface area contributed by atoms with Crippen molar-refractivity contribution in [1.29, 1.82) is 0 Å². The fourth-order valence-corrected chi connectivity index (χ4v) is 1.53. The highest BCUT2D eigenvalue weighted by Crippen LogP contribution is 2.22. The molecule has 0 spiro atoms. The van der Waals surface area contributed by atoms with E-state index >= 15 is 0 Å². The Kier molecular flexibility index (Phi) is 2.83. The first kappa shape index (κ1) is 11.0. The smallest absolute Gasteiger partial charge is 0.335 e. The molecule has 1 aliphatic rings. The van der Waals surface area contributed by atoms with E-state index < -0.39 is 5.97 Å². The number of carboxylic acids is 1. The van der Waals surface area contributed by atoms with Gasteiger partial charge in [-0.3, -0.25) is 4.79 Å². The van der Waals surface area contributed by atoms with Crippen LogP contribution in [0.2, 0.25) is 5.02 Å². The number of carbonyl (C=O) groups excluding carboxylic acids is 1. The quantitative estimate of drug-likeness (QED) is 0.847. The number of amides is 1. The summed E-state index contributed by atoms with van der Waals surface area (Å²) in [5.74, 6) is -1.38. The lowest BCUT2D eigenvalue weighted by Gasteiger charge is -2.06. The second kappa shape index (κ2) is 4.14. The summed E-state index contributed by atoms with van der Waals surface area (Å²) in [6.07, 6.45) is 1.95. The largest absolute Gasteiger partial charge is 0.478 e. The molecule has 84 valence electrons. The van der Waals surface area contributed by atoms with E-state index in [2.05, 4.69) is 5.32 Å². The van der Waals surface area contributed by atoms with Crippen molar-refractivity contribution < 1.29 is 14.7 Å². The van der Waals surface area contributed by atoms with Gasteiger partial charge >= 0.3 is 5.97 Å². The number of hydrogen-bond donors (Lipinski definition) is 2. The summed E-state index contributed by atoms with van der Waals surface area (Å²) in [4.78, 5) is 22.4. The summed E-state index contributed by atoms with van der Waals surface area (Å²) in [7, 11) is 0. The standard InChI is InChI=1S/C11H10ClNO3/c12-9-4-1-6(11(15)16)5-8(9)10(14)13-7-2-3-7/h1,4-5,7H,2-3H2,(H,13,14)(H,15,16). The summed E-state index contributed by atoms with van der Waals surface area (Å²) in [6, 6.07) is 4.31. The Morgan fingerprint density at radius 2 is 2.06 bits per heavy atom. The minimum absolute atomic E-state index is 0.0605. The predicted octanol–water partition coefficient (Wildman–Crippen LogP) is 1.93. The van der Waals surface area contributed by atoms with Crippen LogP contribution < -0.4 is 5.32 Å². The molecule has 1 aromatic rings. The van der Waals surface area contributed by atoms with Crippen molar-refractivity contribution in [2.45, 2.75) is 18.9 Å². The van der Waals surface area contributed by atoms with Crippen molar-refractivity contribution in [3.05, 3.63) is 34.3 Å². The molecule has 0 bridgehead atoms. The van der Waals surface area contributed by atoms with Crippen LogP contribution >= 0.6 is 11.6 Å². The zero-order valence-electron chi connectivity index (χ0n) is 8.37. The molecule has 1 fully saturated rings. The molecule has 0 saturated heterocycles. The van der Waals surface area contributed by atoms with Crippen molar-refractivity contribution >= 4 is 23.5 Å². The summed E-state index contributed by atoms with van der Waals surface area (Å²) in [6.45, 7) is 0. The Balaban J connectivity index is 2.26. The van der Waals surface area contributed by atoms with Crippen LogP contribution in [-0.4, -0.2) is 23.0 Å². The maximum atomic E-state index is 11.7. The summed E-state index contributed by atoms with van der Waals surface area (Å²) >= 11 is 5.85. The number of rotatable bonds is 3. The zero-order chi connectivity index (χ0) is 11.7. The normalized spacial score (nSPS) is 14.6. The SMILES string of the molecule is O=C(O)c1ccc(Cl)c(C(=O)NC2CC2)c1. The van der Waals surface area contributed by atoms with Gasteiger partial charge in [-0.25, -0.2) is 4.79 Å². The van der Waals surface area contributed by atoms with E-state index in [0.29, 0.717) is 0 Å². The predicted molar refractivity (Wildman–Crippen MR) is 58.9 cm³/mol. The van der Waals surface area contributed by atoms with Crippen molar-refractivity contribution in [2.75, 3.05) is 0 Å². The topological polar surface area (TPSA) is 66.4 Å². The molecule has 0 aliphatic heterocycles. The first-order valence-corrected chi connectivity index (χ1v) is 5.29. The lowest BCUT2D eigenvalue weighted by atomic mass is 10.1. The lowest BCUT2D eigenvalue weighted by molar-refractivity contribution is 0.0697. The highest BCUT2D eigenvalue weighted by Gasteiger charge is 2.25. The fourth-order valence-electron chi connectivity index (χ4n) is 1.32. The first-order chi connectivity index (χ1) is 7.58. The van der Waals surface area contributed by atoms with Crippen LogP contribution in [-0.2, 0) is 0 Å². The second-order valence-corrected chi connectivity index (χ2v) is 4.15. The van der Waals surface area contributed by atoms with Crippen LogP contribution in [0.4, 0.5) is 0 Å². The van der Waals surface area contributed by atoms with Gasteiger partial charge in [0.1, 0.15) is 0 Å². The Hall–Kier alpha value is -1.55. The van der Waals surface area contributed by atoms with Crippen molar-refractivity contribution in [3.8, 4) is 0 Å². The summed E-state index contributed by atoms with van der Waals surface area (Å²) in [5, 5.41) is 11.8. The maximum Gasteiger partial charge on any atom is 0.335 e. The maximum absolute atomic E-state index is 11.7. The van der Waals surface area contributed by atoms with E-state index in [1.807, 2.05) is 0 Å². The second-order valence-electron chi connectivity index (χ2n) is 3.75. The molecule has 1 amide bonds. The molecule has 1 aromatic carbocycles. The monoisotopic (exact) mass is 239 g/mol. The van der Waals surface area contributed by atoms with Gasteiger partial charge in [0.25, 0.3) is 5.91 Å². The third-order valence-electron chi connectivity index (χ3n) is 2.37. The van der Waals surface area contributed by atoms with E-state index in [9.17, 15) is 9.59 Å². The van der Waals surface area contributed by atoms with Crippen molar-refractivity contribution in [2.24, 2.45) is 0 Å². The molecule has 16 heavy (non-hydrogen) atoms. The van der Waals surface area contributed by atoms with Gasteiger partial charge in [-0.1, -0.05) is 11.6 Å². The average Bonchev–Trinajstić information content (AvgIpc) is 3.01. The fraction of sp³-hybridized carbons (Fsp3) is 0.273. The Labute approximate surface area is 97.2 Å². The number of nitrogens with one attached hydrogen (secondary N) is 1. The third kappa shape index (κ3) is 2.33. The molecule has 0 radical (unpaired) electrons. The number of hydrogen-bond acceptors (Lipinski definition) is 2. The number of benzene rings is 1. The average molecular weight is 240 g/mol. The molecule has 2 N–H and O–H groups in total. The molecule has 1 saturated carbocycles. The Morgan fingerprint density at radius 3 is 2.62 bits per heavy atom. The van der Waals surface area contributed by atoms with Crippen molar-refractivity contribution in [3.63, 3.8) is 0 Å². The summed E-state index contributed by atoms with van der Waals surface area (Å²) < 4.78 is 0. The highest BCUT2D eigenvalue weighted by molar-refractivity contribution is 6.34. The minimum Gasteiger partial charge on any atom is -0.478 e. The van der Waals surface area contributed by atoms with Crippen molar-refractivity contribution in [1.82, 2.24) is 5.32 Å². The van der Waals surface area contributed by atoms with Crippen LogP contribution in [0.25, 0.3) is 0 Å². The van der Waals surface area contributed by atoms with Gasteiger partial charge in [-0.2, -0.15) is 0 Å². The Bertz CT molecular complexity index is 455. The third-order valence-corrected chi connectivity index (χ3v) is 2.70. The van der Waals surface area contributed by atoms with E-state index in [-0.39, 0.29) is 28.1 Å². The van der Waals surface area contributed by atoms with Gasteiger partial charge in [-0.15, -0.1) is 0 Å². The van der Waals surface area contributed by atoms with Gasteiger partial charge in [0.15, 0.2) is 0 Å². The van der Waals surface area contributed by atoms with Gasteiger partial charge in [0.2, 0.25) is 0 Å². The van der Waals surface area contributed by atoms with Crippen LogP contribution in [0.5, 0.6) is 0 Å². The molecule has 0 heterocycles. The van der Waals surface area contributed by atoms with E-state index in [1.54, 1.807) is 0 Å². The molecular formula is C11H10ClNO3.